The van der Waals surface area contributed by atoms with Crippen LogP contribution in [0.2, 0.25) is 0 Å². The van der Waals surface area contributed by atoms with E-state index in [9.17, 15) is 4.79 Å². The number of anilines is 1. The molecule has 1 atom stereocenters. The first-order valence-electron chi connectivity index (χ1n) is 7.30. The molecule has 1 aliphatic carbocycles. The van der Waals surface area contributed by atoms with Crippen LogP contribution in [0.5, 0.6) is 0 Å². The molecule has 21 heavy (non-hydrogen) atoms. The number of carbonyl (C=O) groups is 1. The van der Waals surface area contributed by atoms with Crippen LogP contribution in [0, 0.1) is 0 Å². The minimum Gasteiger partial charge on any atom is -0.314 e. The van der Waals surface area contributed by atoms with Gasteiger partial charge in [-0.3, -0.25) is 4.79 Å². The predicted octanol–water partition coefficient (Wildman–Crippen LogP) is 4.00. The summed E-state index contributed by atoms with van der Waals surface area (Å²) in [5.74, 6) is 0.202. The molecule has 1 aliphatic heterocycles. The van der Waals surface area contributed by atoms with Crippen molar-refractivity contribution in [2.45, 2.75) is 18.8 Å². The van der Waals surface area contributed by atoms with Crippen molar-refractivity contribution in [2.24, 2.45) is 0 Å². The summed E-state index contributed by atoms with van der Waals surface area (Å²) < 4.78 is 0. The Morgan fingerprint density at radius 3 is 2.62 bits per heavy atom. The molecule has 0 bridgehead atoms. The number of likely N-dealkylation sites (N-methyl/N-ethyl adjacent to an activating group) is 1. The zero-order valence-corrected chi connectivity index (χ0v) is 12.3. The second-order valence-corrected chi connectivity index (χ2v) is 6.09. The third-order valence-corrected chi connectivity index (χ3v) is 4.81. The molecule has 2 aromatic carbocycles. The van der Waals surface area contributed by atoms with Crippen LogP contribution in [0.25, 0.3) is 17.2 Å². The molecular formula is C19H17NO. The third kappa shape index (κ3) is 1.50. The maximum absolute atomic E-state index is 12.6. The van der Waals surface area contributed by atoms with E-state index >= 15 is 0 Å². The second-order valence-electron chi connectivity index (χ2n) is 6.09. The smallest absolute Gasteiger partial charge is 0.237 e. The quantitative estimate of drug-likeness (QED) is 0.770. The summed E-state index contributed by atoms with van der Waals surface area (Å²) in [6, 6.07) is 14.6. The van der Waals surface area contributed by atoms with Crippen LogP contribution in [-0.4, -0.2) is 13.0 Å². The van der Waals surface area contributed by atoms with Gasteiger partial charge in [0.2, 0.25) is 5.91 Å². The Morgan fingerprint density at radius 2 is 1.86 bits per heavy atom. The number of hydrogen-bond acceptors (Lipinski definition) is 1. The zero-order valence-electron chi connectivity index (χ0n) is 12.3. The van der Waals surface area contributed by atoms with Gasteiger partial charge < -0.3 is 4.90 Å². The van der Waals surface area contributed by atoms with Crippen molar-refractivity contribution in [1.29, 1.82) is 0 Å². The van der Waals surface area contributed by atoms with E-state index < -0.39 is 5.41 Å². The Hall–Kier alpha value is -2.35. The van der Waals surface area contributed by atoms with Crippen LogP contribution >= 0.6 is 0 Å². The molecule has 0 fully saturated rings. The fourth-order valence-corrected chi connectivity index (χ4v) is 3.70. The monoisotopic (exact) mass is 275 g/mol. The first-order valence-corrected chi connectivity index (χ1v) is 7.30. The average molecular weight is 275 g/mol. The van der Waals surface area contributed by atoms with Gasteiger partial charge in [-0.1, -0.05) is 48.6 Å². The highest BCUT2D eigenvalue weighted by Crippen LogP contribution is 2.50. The molecule has 0 saturated carbocycles. The van der Waals surface area contributed by atoms with Crippen molar-refractivity contribution < 1.29 is 4.79 Å². The van der Waals surface area contributed by atoms with Crippen LogP contribution in [0.1, 0.15) is 24.5 Å². The van der Waals surface area contributed by atoms with Gasteiger partial charge in [0, 0.05) is 12.7 Å². The van der Waals surface area contributed by atoms with E-state index in [1.807, 2.05) is 13.1 Å². The molecule has 0 radical (unpaired) electrons. The lowest BCUT2D eigenvalue weighted by atomic mass is 9.73. The van der Waals surface area contributed by atoms with Gasteiger partial charge in [0.15, 0.2) is 0 Å². The van der Waals surface area contributed by atoms with E-state index in [1.165, 1.54) is 22.3 Å². The van der Waals surface area contributed by atoms with Gasteiger partial charge in [0.05, 0.1) is 5.41 Å². The van der Waals surface area contributed by atoms with Gasteiger partial charge in [-0.25, -0.2) is 0 Å². The molecule has 1 heterocycles. The van der Waals surface area contributed by atoms with E-state index in [2.05, 4.69) is 55.5 Å². The Kier molecular flexibility index (Phi) is 2.41. The summed E-state index contributed by atoms with van der Waals surface area (Å²) in [5.41, 5.74) is 5.45. The molecule has 2 nitrogen and oxygen atoms in total. The lowest BCUT2D eigenvalue weighted by Gasteiger charge is -2.27. The van der Waals surface area contributed by atoms with Crippen LogP contribution in [0.15, 0.2) is 48.5 Å². The van der Waals surface area contributed by atoms with Gasteiger partial charge in [-0.15, -0.1) is 0 Å². The summed E-state index contributed by atoms with van der Waals surface area (Å²) in [6.45, 7) is 2.07. The Labute approximate surface area is 124 Å². The number of nitrogens with zero attached hydrogens (tertiary/aromatic N) is 1. The summed E-state index contributed by atoms with van der Waals surface area (Å²) in [6.07, 6.45) is 5.10. The molecule has 1 amide bonds. The number of carbonyl (C=O) groups excluding carboxylic acids is 1. The Bertz CT molecular complexity index is 776. The molecular weight excluding hydrogens is 258 g/mol. The maximum Gasteiger partial charge on any atom is 0.237 e. The van der Waals surface area contributed by atoms with E-state index in [1.54, 1.807) is 4.90 Å². The lowest BCUT2D eigenvalue weighted by molar-refractivity contribution is -0.122. The van der Waals surface area contributed by atoms with Crippen LogP contribution in [-0.2, 0) is 10.2 Å². The number of benzene rings is 2. The Morgan fingerprint density at radius 1 is 1.10 bits per heavy atom. The number of rotatable bonds is 1. The van der Waals surface area contributed by atoms with Gasteiger partial charge in [-0.2, -0.15) is 0 Å². The van der Waals surface area contributed by atoms with E-state index in [0.29, 0.717) is 0 Å². The van der Waals surface area contributed by atoms with E-state index in [-0.39, 0.29) is 5.91 Å². The highest BCUT2D eigenvalue weighted by atomic mass is 16.2. The normalized spacial score (nSPS) is 22.6. The van der Waals surface area contributed by atoms with E-state index in [0.717, 1.165) is 12.1 Å². The van der Waals surface area contributed by atoms with Crippen LogP contribution in [0.3, 0.4) is 0 Å². The van der Waals surface area contributed by atoms with Crippen molar-refractivity contribution in [2.75, 3.05) is 11.9 Å². The molecule has 0 saturated heterocycles. The summed E-state index contributed by atoms with van der Waals surface area (Å²) >= 11 is 0. The minimum atomic E-state index is -0.404. The van der Waals surface area contributed by atoms with E-state index in [4.69, 9.17) is 0 Å². The first-order chi connectivity index (χ1) is 10.1. The number of hydrogen-bond donors (Lipinski definition) is 0. The van der Waals surface area contributed by atoms with Gasteiger partial charge in [0.1, 0.15) is 0 Å². The highest BCUT2D eigenvalue weighted by molar-refractivity contribution is 6.10. The van der Waals surface area contributed by atoms with Gasteiger partial charge in [-0.05, 0) is 41.7 Å². The van der Waals surface area contributed by atoms with Crippen molar-refractivity contribution in [3.05, 3.63) is 59.7 Å². The fraction of sp³-hybridized carbons (Fsp3) is 0.211. The molecule has 0 aromatic heterocycles. The average Bonchev–Trinajstić information content (AvgIpc) is 2.72. The zero-order chi connectivity index (χ0) is 14.6. The highest BCUT2D eigenvalue weighted by Gasteiger charge is 2.48. The summed E-state index contributed by atoms with van der Waals surface area (Å²) in [7, 11) is 1.88. The Balaban J connectivity index is 2.04. The molecule has 104 valence electrons. The lowest BCUT2D eigenvalue weighted by Crippen LogP contribution is -2.36. The van der Waals surface area contributed by atoms with Crippen LogP contribution < -0.4 is 4.90 Å². The minimum absolute atomic E-state index is 0.202. The summed E-state index contributed by atoms with van der Waals surface area (Å²) in [4.78, 5) is 14.4. The molecule has 1 unspecified atom stereocenters. The van der Waals surface area contributed by atoms with Crippen molar-refractivity contribution in [3.63, 3.8) is 0 Å². The molecule has 2 heteroatoms. The van der Waals surface area contributed by atoms with Gasteiger partial charge >= 0.3 is 0 Å². The SMILES string of the molecule is CN1C(=O)C2(C)CC=Cc3c(-c4ccccc4)ccc1c32. The third-order valence-electron chi connectivity index (χ3n) is 4.81. The van der Waals surface area contributed by atoms with Crippen molar-refractivity contribution in [3.8, 4) is 11.1 Å². The standard InChI is InChI=1S/C19H17NO/c1-19-12-6-9-15-14(13-7-4-3-5-8-13)10-11-16(17(15)19)20(2)18(19)21/h3-11H,12H2,1-2H3. The van der Waals surface area contributed by atoms with Gasteiger partial charge in [0.25, 0.3) is 0 Å². The maximum atomic E-state index is 12.6. The molecule has 2 aliphatic rings. The number of allylic oxidation sites excluding steroid dienone is 1. The van der Waals surface area contributed by atoms with Crippen LogP contribution in [0.4, 0.5) is 5.69 Å². The molecule has 2 aromatic rings. The summed E-state index contributed by atoms with van der Waals surface area (Å²) in [5, 5.41) is 0. The van der Waals surface area contributed by atoms with Crippen molar-refractivity contribution in [1.82, 2.24) is 0 Å². The molecule has 0 spiro atoms. The molecule has 4 rings (SSSR count). The molecule has 0 N–H and O–H groups in total. The largest absolute Gasteiger partial charge is 0.314 e. The second kappa shape index (κ2) is 4.08. The fourth-order valence-electron chi connectivity index (χ4n) is 3.70. The van der Waals surface area contributed by atoms with Crippen molar-refractivity contribution >= 4 is 17.7 Å². The first kappa shape index (κ1) is 12.4. The topological polar surface area (TPSA) is 20.3 Å². The number of amides is 1. The predicted molar refractivity (Wildman–Crippen MR) is 86.3 cm³/mol.